The molecule has 0 aliphatic carbocycles. The van der Waals surface area contributed by atoms with Crippen LogP contribution in [0.1, 0.15) is 25.8 Å². The largest absolute Gasteiger partial charge is 0.314 e. The van der Waals surface area contributed by atoms with Crippen molar-refractivity contribution in [2.75, 3.05) is 18.5 Å². The molecular formula is C14H19N3O. The maximum Gasteiger partial charge on any atom is 0.240 e. The maximum atomic E-state index is 11.9. The molecule has 0 saturated carbocycles. The lowest BCUT2D eigenvalue weighted by molar-refractivity contribution is -0.117. The summed E-state index contributed by atoms with van der Waals surface area (Å²) in [6.07, 6.45) is 0.987. The highest BCUT2D eigenvalue weighted by Gasteiger charge is 2.11. The molecule has 0 aromatic heterocycles. The van der Waals surface area contributed by atoms with E-state index in [-0.39, 0.29) is 5.91 Å². The van der Waals surface area contributed by atoms with Crippen LogP contribution in [0.15, 0.2) is 24.3 Å². The first-order valence-electron chi connectivity index (χ1n) is 6.08. The summed E-state index contributed by atoms with van der Waals surface area (Å²) in [4.78, 5) is 13.5. The van der Waals surface area contributed by atoms with E-state index in [9.17, 15) is 4.79 Å². The van der Waals surface area contributed by atoms with E-state index in [1.54, 1.807) is 30.1 Å². The van der Waals surface area contributed by atoms with E-state index in [0.717, 1.165) is 12.1 Å². The minimum Gasteiger partial charge on any atom is -0.314 e. The summed E-state index contributed by atoms with van der Waals surface area (Å²) in [7, 11) is 1.72. The molecule has 1 amide bonds. The second-order valence-electron chi connectivity index (χ2n) is 4.31. The summed E-state index contributed by atoms with van der Waals surface area (Å²) >= 11 is 0. The summed E-state index contributed by atoms with van der Waals surface area (Å²) in [6.45, 7) is 4.42. The van der Waals surface area contributed by atoms with E-state index >= 15 is 0 Å². The third-order valence-corrected chi connectivity index (χ3v) is 2.95. The van der Waals surface area contributed by atoms with Gasteiger partial charge >= 0.3 is 0 Å². The topological polar surface area (TPSA) is 56.1 Å². The van der Waals surface area contributed by atoms with Crippen LogP contribution in [0.5, 0.6) is 0 Å². The zero-order chi connectivity index (χ0) is 13.5. The van der Waals surface area contributed by atoms with Crippen LogP contribution < -0.4 is 10.2 Å². The van der Waals surface area contributed by atoms with Gasteiger partial charge in [0.15, 0.2) is 0 Å². The van der Waals surface area contributed by atoms with Crippen molar-refractivity contribution in [3.63, 3.8) is 0 Å². The minimum atomic E-state index is -0.00890. The van der Waals surface area contributed by atoms with Gasteiger partial charge in [0, 0.05) is 18.8 Å². The van der Waals surface area contributed by atoms with E-state index in [1.807, 2.05) is 13.0 Å². The molecule has 4 heteroatoms. The Labute approximate surface area is 108 Å². The molecule has 0 heterocycles. The molecule has 1 aromatic rings. The fraction of sp³-hybridized carbons (Fsp3) is 0.429. The number of hydrogen-bond acceptors (Lipinski definition) is 3. The third-order valence-electron chi connectivity index (χ3n) is 2.95. The number of hydrogen-bond donors (Lipinski definition) is 1. The van der Waals surface area contributed by atoms with Crippen LogP contribution in [0.25, 0.3) is 0 Å². The van der Waals surface area contributed by atoms with Gasteiger partial charge in [-0.05, 0) is 31.5 Å². The van der Waals surface area contributed by atoms with Crippen molar-refractivity contribution in [3.05, 3.63) is 29.8 Å². The van der Waals surface area contributed by atoms with E-state index in [0.29, 0.717) is 18.2 Å². The van der Waals surface area contributed by atoms with Gasteiger partial charge in [-0.15, -0.1) is 0 Å². The summed E-state index contributed by atoms with van der Waals surface area (Å²) in [5, 5.41) is 12.0. The Morgan fingerprint density at radius 1 is 1.56 bits per heavy atom. The fourth-order valence-corrected chi connectivity index (χ4v) is 1.45. The average molecular weight is 245 g/mol. The smallest absolute Gasteiger partial charge is 0.240 e. The Balaban J connectivity index is 2.65. The van der Waals surface area contributed by atoms with Gasteiger partial charge in [-0.1, -0.05) is 13.0 Å². The van der Waals surface area contributed by atoms with Crippen molar-refractivity contribution in [1.82, 2.24) is 5.32 Å². The third kappa shape index (κ3) is 3.86. The van der Waals surface area contributed by atoms with Gasteiger partial charge in [-0.3, -0.25) is 4.79 Å². The van der Waals surface area contributed by atoms with Crippen LogP contribution in [-0.2, 0) is 4.79 Å². The van der Waals surface area contributed by atoms with Crippen LogP contribution >= 0.6 is 0 Å². The second kappa shape index (κ2) is 6.77. The standard InChI is InChI=1S/C14H19N3O/c1-4-11(2)16-10-14(18)17(3)13-7-5-6-12(8-13)9-15/h5-8,11,16H,4,10H2,1-3H3. The number of amides is 1. The SMILES string of the molecule is CCC(C)NCC(=O)N(C)c1cccc(C#N)c1. The van der Waals surface area contributed by atoms with Crippen molar-refractivity contribution in [2.45, 2.75) is 26.3 Å². The number of rotatable bonds is 5. The van der Waals surface area contributed by atoms with Gasteiger partial charge in [0.05, 0.1) is 18.2 Å². The van der Waals surface area contributed by atoms with Gasteiger partial charge in [0.25, 0.3) is 0 Å². The average Bonchev–Trinajstić information content (AvgIpc) is 2.43. The number of nitriles is 1. The van der Waals surface area contributed by atoms with Crippen molar-refractivity contribution in [1.29, 1.82) is 5.26 Å². The molecule has 1 unspecified atom stereocenters. The lowest BCUT2D eigenvalue weighted by Gasteiger charge is -2.19. The molecule has 0 aliphatic rings. The number of carbonyl (C=O) groups is 1. The van der Waals surface area contributed by atoms with E-state index in [4.69, 9.17) is 5.26 Å². The number of anilines is 1. The van der Waals surface area contributed by atoms with Crippen molar-refractivity contribution >= 4 is 11.6 Å². The van der Waals surface area contributed by atoms with Crippen LogP contribution in [0.3, 0.4) is 0 Å². The monoisotopic (exact) mass is 245 g/mol. The van der Waals surface area contributed by atoms with Crippen LogP contribution in [0, 0.1) is 11.3 Å². The highest BCUT2D eigenvalue weighted by molar-refractivity contribution is 5.94. The number of benzene rings is 1. The first-order valence-corrected chi connectivity index (χ1v) is 6.08. The van der Waals surface area contributed by atoms with E-state index in [2.05, 4.69) is 18.3 Å². The molecule has 0 bridgehead atoms. The Kier molecular flexibility index (Phi) is 5.34. The van der Waals surface area contributed by atoms with Gasteiger partial charge in [-0.2, -0.15) is 5.26 Å². The summed E-state index contributed by atoms with van der Waals surface area (Å²) in [6, 6.07) is 9.42. The Hall–Kier alpha value is -1.86. The lowest BCUT2D eigenvalue weighted by Crippen LogP contribution is -2.38. The molecule has 0 saturated heterocycles. The molecule has 1 aromatic carbocycles. The molecule has 1 rings (SSSR count). The summed E-state index contributed by atoms with van der Waals surface area (Å²) < 4.78 is 0. The van der Waals surface area contributed by atoms with Gasteiger partial charge < -0.3 is 10.2 Å². The molecule has 1 atom stereocenters. The van der Waals surface area contributed by atoms with Gasteiger partial charge in [-0.25, -0.2) is 0 Å². The lowest BCUT2D eigenvalue weighted by atomic mass is 10.2. The predicted molar refractivity (Wildman–Crippen MR) is 72.3 cm³/mol. The molecule has 0 fully saturated rings. The molecule has 0 spiro atoms. The molecule has 1 N–H and O–H groups in total. The number of likely N-dealkylation sites (N-methyl/N-ethyl adjacent to an activating group) is 1. The molecule has 4 nitrogen and oxygen atoms in total. The van der Waals surface area contributed by atoms with Crippen LogP contribution in [-0.4, -0.2) is 25.5 Å². The molecule has 0 aliphatic heterocycles. The second-order valence-corrected chi connectivity index (χ2v) is 4.31. The Morgan fingerprint density at radius 3 is 2.89 bits per heavy atom. The minimum absolute atomic E-state index is 0.00890. The summed E-state index contributed by atoms with van der Waals surface area (Å²) in [5.41, 5.74) is 1.30. The van der Waals surface area contributed by atoms with Crippen molar-refractivity contribution in [3.8, 4) is 6.07 Å². The van der Waals surface area contributed by atoms with Crippen LogP contribution in [0.2, 0.25) is 0 Å². The normalized spacial score (nSPS) is 11.7. The molecule has 96 valence electrons. The van der Waals surface area contributed by atoms with Gasteiger partial charge in [0.2, 0.25) is 5.91 Å². The molecule has 0 radical (unpaired) electrons. The van der Waals surface area contributed by atoms with E-state index < -0.39 is 0 Å². The first-order chi connectivity index (χ1) is 8.58. The zero-order valence-corrected chi connectivity index (χ0v) is 11.1. The highest BCUT2D eigenvalue weighted by atomic mass is 16.2. The van der Waals surface area contributed by atoms with Crippen LogP contribution in [0.4, 0.5) is 5.69 Å². The molecule has 18 heavy (non-hydrogen) atoms. The highest BCUT2D eigenvalue weighted by Crippen LogP contribution is 2.14. The number of nitrogens with one attached hydrogen (secondary N) is 1. The predicted octanol–water partition coefficient (Wildman–Crippen LogP) is 1.91. The number of nitrogens with zero attached hydrogens (tertiary/aromatic N) is 2. The first kappa shape index (κ1) is 14.2. The fourth-order valence-electron chi connectivity index (χ4n) is 1.45. The Bertz CT molecular complexity index is 451. The van der Waals surface area contributed by atoms with Gasteiger partial charge in [0.1, 0.15) is 0 Å². The molecular weight excluding hydrogens is 226 g/mol. The van der Waals surface area contributed by atoms with E-state index in [1.165, 1.54) is 0 Å². The number of carbonyl (C=O) groups excluding carboxylic acids is 1. The van der Waals surface area contributed by atoms with Crippen molar-refractivity contribution < 1.29 is 4.79 Å². The van der Waals surface area contributed by atoms with Crippen molar-refractivity contribution in [2.24, 2.45) is 0 Å². The Morgan fingerprint density at radius 2 is 2.28 bits per heavy atom. The quantitative estimate of drug-likeness (QED) is 0.862. The summed E-state index contributed by atoms with van der Waals surface area (Å²) in [5.74, 6) is -0.00890. The maximum absolute atomic E-state index is 11.9. The zero-order valence-electron chi connectivity index (χ0n) is 11.1.